The number of furan rings is 1. The van der Waals surface area contributed by atoms with Gasteiger partial charge in [0.2, 0.25) is 5.24 Å². The minimum atomic E-state index is -0.691. The molecule has 0 atom stereocenters. The number of halogens is 2. The van der Waals surface area contributed by atoms with E-state index in [1.807, 2.05) is 0 Å². The molecule has 3 nitrogen and oxygen atoms in total. The van der Waals surface area contributed by atoms with E-state index in [9.17, 15) is 9.59 Å². The minimum Gasteiger partial charge on any atom is -0.456 e. The van der Waals surface area contributed by atoms with Gasteiger partial charge in [-0.2, -0.15) is 0 Å². The second kappa shape index (κ2) is 3.74. The lowest BCUT2D eigenvalue weighted by molar-refractivity contribution is -0.111. The van der Waals surface area contributed by atoms with Crippen LogP contribution in [-0.4, -0.2) is 10.5 Å². The van der Waals surface area contributed by atoms with E-state index in [1.165, 1.54) is 12.1 Å². The van der Waals surface area contributed by atoms with Gasteiger partial charge >= 0.3 is 0 Å². The molecule has 1 rings (SSSR count). The molecule has 0 spiro atoms. The predicted octanol–water partition coefficient (Wildman–Crippen LogP) is 1.97. The van der Waals surface area contributed by atoms with Gasteiger partial charge in [-0.25, -0.2) is 0 Å². The number of rotatable bonds is 3. The molecule has 0 saturated carbocycles. The molecular formula is C7H4Cl2O3. The highest BCUT2D eigenvalue weighted by Gasteiger charge is 2.09. The largest absolute Gasteiger partial charge is 0.456 e. The molecule has 1 aromatic rings. The van der Waals surface area contributed by atoms with E-state index in [0.717, 1.165) is 0 Å². The minimum absolute atomic E-state index is 0.0181. The Hall–Kier alpha value is -0.800. The highest BCUT2D eigenvalue weighted by atomic mass is 35.5. The van der Waals surface area contributed by atoms with E-state index in [2.05, 4.69) is 0 Å². The maximum Gasteiger partial charge on any atom is 0.287 e. The maximum atomic E-state index is 10.5. The summed E-state index contributed by atoms with van der Waals surface area (Å²) in [5.41, 5.74) is 0. The molecule has 0 aliphatic rings. The normalized spacial score (nSPS) is 9.83. The first-order valence-electron chi connectivity index (χ1n) is 3.06. The second-order valence-electron chi connectivity index (χ2n) is 2.07. The lowest BCUT2D eigenvalue weighted by atomic mass is 10.3. The number of carbonyl (C=O) groups is 2. The third kappa shape index (κ3) is 2.36. The van der Waals surface area contributed by atoms with Crippen LogP contribution in [0.15, 0.2) is 16.5 Å². The number of hydrogen-bond acceptors (Lipinski definition) is 3. The fraction of sp³-hybridized carbons (Fsp3) is 0.143. The van der Waals surface area contributed by atoms with Crippen molar-refractivity contribution in [1.82, 2.24) is 0 Å². The van der Waals surface area contributed by atoms with Crippen molar-refractivity contribution in [3.05, 3.63) is 23.7 Å². The van der Waals surface area contributed by atoms with E-state index in [0.29, 0.717) is 5.76 Å². The van der Waals surface area contributed by atoms with E-state index in [1.54, 1.807) is 0 Å². The summed E-state index contributed by atoms with van der Waals surface area (Å²) in [6, 6.07) is 2.88. The monoisotopic (exact) mass is 206 g/mol. The average Bonchev–Trinajstić information content (AvgIpc) is 2.34. The molecule has 5 heteroatoms. The van der Waals surface area contributed by atoms with E-state index in [-0.39, 0.29) is 12.2 Å². The molecule has 0 N–H and O–H groups in total. The van der Waals surface area contributed by atoms with Crippen LogP contribution in [-0.2, 0) is 11.2 Å². The molecule has 0 bridgehead atoms. The zero-order valence-corrected chi connectivity index (χ0v) is 7.35. The number of hydrogen-bond donors (Lipinski definition) is 0. The van der Waals surface area contributed by atoms with Crippen LogP contribution >= 0.6 is 23.2 Å². The number of carbonyl (C=O) groups excluding carboxylic acids is 2. The van der Waals surface area contributed by atoms with Gasteiger partial charge in [-0.3, -0.25) is 9.59 Å². The third-order valence-corrected chi connectivity index (χ3v) is 1.49. The van der Waals surface area contributed by atoms with Crippen LogP contribution in [0.1, 0.15) is 16.3 Å². The Morgan fingerprint density at radius 2 is 2.00 bits per heavy atom. The quantitative estimate of drug-likeness (QED) is 0.711. The molecule has 0 unspecified atom stereocenters. The van der Waals surface area contributed by atoms with Crippen molar-refractivity contribution in [2.75, 3.05) is 0 Å². The van der Waals surface area contributed by atoms with Gasteiger partial charge in [0.25, 0.3) is 5.24 Å². The standard InChI is InChI=1S/C7H4Cl2O3/c8-6(10)3-4-1-2-5(12-4)7(9)11/h1-2H,3H2. The topological polar surface area (TPSA) is 47.3 Å². The fourth-order valence-corrected chi connectivity index (χ4v) is 0.949. The summed E-state index contributed by atoms with van der Waals surface area (Å²) in [6.45, 7) is 0. The molecule has 12 heavy (non-hydrogen) atoms. The van der Waals surface area contributed by atoms with Crippen molar-refractivity contribution < 1.29 is 14.0 Å². The molecule has 0 aromatic carbocycles. The Bertz CT molecular complexity index is 316. The molecule has 0 radical (unpaired) electrons. The van der Waals surface area contributed by atoms with Gasteiger partial charge in [0.1, 0.15) is 5.76 Å². The molecule has 0 fully saturated rings. The fourth-order valence-electron chi connectivity index (χ4n) is 0.716. The van der Waals surface area contributed by atoms with Gasteiger partial charge in [-0.15, -0.1) is 0 Å². The first-order chi connectivity index (χ1) is 5.59. The summed E-state index contributed by atoms with van der Waals surface area (Å²) in [5, 5.41) is -1.24. The van der Waals surface area contributed by atoms with Crippen LogP contribution in [0.3, 0.4) is 0 Å². The Balaban J connectivity index is 2.77. The van der Waals surface area contributed by atoms with Gasteiger partial charge in [0.05, 0.1) is 6.42 Å². The first kappa shape index (κ1) is 9.29. The van der Waals surface area contributed by atoms with Crippen molar-refractivity contribution in [2.45, 2.75) is 6.42 Å². The van der Waals surface area contributed by atoms with Gasteiger partial charge in [-0.05, 0) is 35.3 Å². The SMILES string of the molecule is O=C(Cl)Cc1ccc(C(=O)Cl)o1. The van der Waals surface area contributed by atoms with Crippen LogP contribution in [0.4, 0.5) is 0 Å². The molecule has 0 aliphatic heterocycles. The highest BCUT2D eigenvalue weighted by Crippen LogP contribution is 2.11. The van der Waals surface area contributed by atoms with Crippen molar-refractivity contribution in [2.24, 2.45) is 0 Å². The smallest absolute Gasteiger partial charge is 0.287 e. The Morgan fingerprint density at radius 1 is 1.33 bits per heavy atom. The Kier molecular flexibility index (Phi) is 2.89. The molecule has 0 aliphatic carbocycles. The van der Waals surface area contributed by atoms with Crippen molar-refractivity contribution in [3.63, 3.8) is 0 Å². The first-order valence-corrected chi connectivity index (χ1v) is 3.82. The van der Waals surface area contributed by atoms with Gasteiger partial charge in [0, 0.05) is 0 Å². The van der Waals surface area contributed by atoms with E-state index >= 15 is 0 Å². The van der Waals surface area contributed by atoms with Gasteiger partial charge in [-0.1, -0.05) is 0 Å². The summed E-state index contributed by atoms with van der Waals surface area (Å²) in [5.74, 6) is 0.351. The zero-order valence-electron chi connectivity index (χ0n) is 5.84. The predicted molar refractivity (Wildman–Crippen MR) is 43.5 cm³/mol. The summed E-state index contributed by atoms with van der Waals surface area (Å²) >= 11 is 10.2. The summed E-state index contributed by atoms with van der Waals surface area (Å²) in [6.07, 6.45) is -0.0360. The maximum absolute atomic E-state index is 10.5. The van der Waals surface area contributed by atoms with Crippen LogP contribution in [0.25, 0.3) is 0 Å². The average molecular weight is 207 g/mol. The molecule has 1 aromatic heterocycles. The molecule has 0 saturated heterocycles. The van der Waals surface area contributed by atoms with Crippen molar-refractivity contribution in [3.8, 4) is 0 Å². The molecule has 64 valence electrons. The van der Waals surface area contributed by atoms with Crippen molar-refractivity contribution in [1.29, 1.82) is 0 Å². The van der Waals surface area contributed by atoms with E-state index in [4.69, 9.17) is 27.6 Å². The highest BCUT2D eigenvalue weighted by molar-refractivity contribution is 6.67. The Morgan fingerprint density at radius 3 is 2.42 bits per heavy atom. The van der Waals surface area contributed by atoms with Gasteiger partial charge < -0.3 is 4.42 Å². The van der Waals surface area contributed by atoms with Crippen molar-refractivity contribution >= 4 is 33.7 Å². The third-order valence-electron chi connectivity index (χ3n) is 1.17. The lowest BCUT2D eigenvalue weighted by Gasteiger charge is -1.87. The zero-order chi connectivity index (χ0) is 9.14. The van der Waals surface area contributed by atoms with Crippen LogP contribution in [0, 0.1) is 0 Å². The lowest BCUT2D eigenvalue weighted by Crippen LogP contribution is -1.90. The molecule has 1 heterocycles. The molecular weight excluding hydrogens is 203 g/mol. The van der Waals surface area contributed by atoms with E-state index < -0.39 is 10.5 Å². The summed E-state index contributed by atoms with van der Waals surface area (Å²) < 4.78 is 4.87. The summed E-state index contributed by atoms with van der Waals surface area (Å²) in [7, 11) is 0. The molecule has 0 amide bonds. The second-order valence-corrected chi connectivity index (χ2v) is 2.84. The van der Waals surface area contributed by atoms with Gasteiger partial charge in [0.15, 0.2) is 5.76 Å². The van der Waals surface area contributed by atoms with Crippen LogP contribution in [0.2, 0.25) is 0 Å². The van der Waals surface area contributed by atoms with Crippen LogP contribution < -0.4 is 0 Å². The summed E-state index contributed by atoms with van der Waals surface area (Å²) in [4.78, 5) is 20.9. The Labute approximate surface area is 78.3 Å². The van der Waals surface area contributed by atoms with Crippen LogP contribution in [0.5, 0.6) is 0 Å².